The summed E-state index contributed by atoms with van der Waals surface area (Å²) < 4.78 is 84.1. The van der Waals surface area contributed by atoms with Crippen molar-refractivity contribution in [3.05, 3.63) is 166 Å². The van der Waals surface area contributed by atoms with E-state index < -0.39 is 40.2 Å². The van der Waals surface area contributed by atoms with Gasteiger partial charge in [-0.3, -0.25) is 9.55 Å². The van der Waals surface area contributed by atoms with Crippen LogP contribution in [0.15, 0.2) is 127 Å². The van der Waals surface area contributed by atoms with E-state index in [9.17, 15) is 6.48 Å². The minimum absolute atomic E-state index is 0.0538. The number of fused-ring (bicyclic) bond motifs is 1. The highest BCUT2D eigenvalue weighted by Crippen LogP contribution is 2.46. The third-order valence-corrected chi connectivity index (χ3v) is 13.2. The average molecular weight is 923 g/mol. The largest absolute Gasteiger partial charge is 0.507 e. The van der Waals surface area contributed by atoms with E-state index in [1.165, 1.54) is 0 Å². The molecule has 6 aromatic carbocycles. The number of pyridine rings is 1. The van der Waals surface area contributed by atoms with Gasteiger partial charge >= 0.3 is 0 Å². The molecule has 0 saturated heterocycles. The van der Waals surface area contributed by atoms with E-state index >= 15 is 0 Å². The number of aryl methyl sites for hydroxylation is 1. The van der Waals surface area contributed by atoms with Crippen LogP contribution in [0.4, 0.5) is 0 Å². The van der Waals surface area contributed by atoms with Crippen molar-refractivity contribution in [2.45, 2.75) is 151 Å². The summed E-state index contributed by atoms with van der Waals surface area (Å²) in [5.41, 5.74) is 9.73. The van der Waals surface area contributed by atoms with Crippen molar-refractivity contribution < 1.29 is 17.4 Å². The lowest BCUT2D eigenvalue weighted by molar-refractivity contribution is 0.446. The van der Waals surface area contributed by atoms with Gasteiger partial charge in [-0.15, -0.1) is 0 Å². The van der Waals surface area contributed by atoms with Gasteiger partial charge in [0.05, 0.1) is 37.6 Å². The third-order valence-electron chi connectivity index (χ3n) is 13.2. The van der Waals surface area contributed by atoms with Crippen molar-refractivity contribution in [3.8, 4) is 67.5 Å². The number of para-hydroxylation sites is 1. The summed E-state index contributed by atoms with van der Waals surface area (Å²) in [7, 11) is 0. The Labute approximate surface area is 426 Å². The van der Waals surface area contributed by atoms with E-state index in [1.54, 1.807) is 0 Å². The molecule has 0 aliphatic heterocycles. The van der Waals surface area contributed by atoms with Crippen LogP contribution in [0.3, 0.4) is 0 Å². The second-order valence-corrected chi connectivity index (χ2v) is 23.4. The van der Waals surface area contributed by atoms with Crippen molar-refractivity contribution in [2.24, 2.45) is 0 Å². The fourth-order valence-corrected chi connectivity index (χ4v) is 8.77. The number of benzene rings is 6. The molecule has 8 rings (SSSR count). The topological polar surface area (TPSA) is 50.9 Å². The highest BCUT2D eigenvalue weighted by molar-refractivity contribution is 5.97. The minimum Gasteiger partial charge on any atom is -0.507 e. The van der Waals surface area contributed by atoms with Crippen LogP contribution < -0.4 is 0 Å². The van der Waals surface area contributed by atoms with Gasteiger partial charge < -0.3 is 5.11 Å². The summed E-state index contributed by atoms with van der Waals surface area (Å²) in [6, 6.07) is 26.3. The fourth-order valence-electron chi connectivity index (χ4n) is 8.77. The molecule has 0 amide bonds. The number of aromatic nitrogens is 3. The first kappa shape index (κ1) is 38.6. The first-order valence-electron chi connectivity index (χ1n) is 28.6. The van der Waals surface area contributed by atoms with Gasteiger partial charge in [-0.05, 0) is 150 Å². The number of phenols is 1. The van der Waals surface area contributed by atoms with E-state index in [4.69, 9.17) is 16.0 Å². The van der Waals surface area contributed by atoms with Gasteiger partial charge in [-0.1, -0.05) is 183 Å². The summed E-state index contributed by atoms with van der Waals surface area (Å²) in [4.78, 5) is 10.1. The first-order chi connectivity index (χ1) is 35.7. The molecule has 69 heavy (non-hydrogen) atoms. The lowest BCUT2D eigenvalue weighted by atomic mass is 9.79. The Morgan fingerprint density at radius 2 is 1.16 bits per heavy atom. The van der Waals surface area contributed by atoms with Crippen LogP contribution in [-0.4, -0.2) is 19.6 Å². The molecular formula is C65H75N3O. The van der Waals surface area contributed by atoms with Crippen LogP contribution >= 0.6 is 0 Å². The van der Waals surface area contributed by atoms with Crippen molar-refractivity contribution in [3.63, 3.8) is 0 Å². The van der Waals surface area contributed by atoms with Gasteiger partial charge in [0.15, 0.2) is 0 Å². The molecule has 0 fully saturated rings. The normalized spacial score (nSPS) is 14.9. The van der Waals surface area contributed by atoms with Gasteiger partial charge in [0.1, 0.15) is 11.6 Å². The molecule has 2 aromatic heterocycles. The van der Waals surface area contributed by atoms with Crippen molar-refractivity contribution in [2.75, 3.05) is 0 Å². The average Bonchev–Trinajstić information content (AvgIpc) is 3.79. The predicted octanol–water partition coefficient (Wildman–Crippen LogP) is 18.2. The Kier molecular flexibility index (Phi) is 10.0. The molecule has 2 heterocycles. The van der Waals surface area contributed by atoms with Crippen LogP contribution in [0.1, 0.15) is 174 Å². The second-order valence-electron chi connectivity index (χ2n) is 23.4. The lowest BCUT2D eigenvalue weighted by Crippen LogP contribution is -2.17. The number of rotatable bonds is 8. The number of aromatic hydroxyl groups is 1. The maximum absolute atomic E-state index is 12.6. The second kappa shape index (κ2) is 17.9. The molecular weight excluding hydrogens is 839 g/mol. The molecule has 4 heteroatoms. The monoisotopic (exact) mass is 923 g/mol. The van der Waals surface area contributed by atoms with Gasteiger partial charge in [-0.2, -0.15) is 0 Å². The van der Waals surface area contributed by atoms with Crippen molar-refractivity contribution in [1.82, 2.24) is 14.5 Å². The van der Waals surface area contributed by atoms with Crippen LogP contribution in [-0.2, 0) is 21.7 Å². The smallest absolute Gasteiger partial charge is 0.149 e. The molecule has 4 nitrogen and oxygen atoms in total. The zero-order valence-corrected chi connectivity index (χ0v) is 43.9. The molecule has 0 saturated carbocycles. The SMILES string of the molecule is [2H]c1nc(-c2cc(-c3cccc4c3nc(-c3cc(C(C)(C)C)cc(C(C)(C)C)c3O)n4-c3ccc(-c4cc(C([2H])(C)C)cc(C([2H])(C)C)c4)cc3C)cc(C(C)(C)C)c2)c([2H])c(-c2c([2H])c([2H])c(C(C)(C)C)c([2H])c2[2H])c1[2H]. The quantitative estimate of drug-likeness (QED) is 0.165. The first-order valence-corrected chi connectivity index (χ1v) is 24.1. The maximum Gasteiger partial charge on any atom is 0.149 e. The van der Waals surface area contributed by atoms with E-state index in [2.05, 4.69) is 109 Å². The molecule has 356 valence electrons. The van der Waals surface area contributed by atoms with Gasteiger partial charge in [0.2, 0.25) is 0 Å². The summed E-state index contributed by atoms with van der Waals surface area (Å²) >= 11 is 0. The summed E-state index contributed by atoms with van der Waals surface area (Å²) in [6.45, 7) is 33.9. The van der Waals surface area contributed by atoms with E-state index in [-0.39, 0.29) is 63.8 Å². The lowest BCUT2D eigenvalue weighted by Gasteiger charge is -2.27. The number of imidazole rings is 1. The summed E-state index contributed by atoms with van der Waals surface area (Å²) in [5, 5.41) is 12.6. The molecule has 0 radical (unpaired) electrons. The van der Waals surface area contributed by atoms with E-state index in [0.717, 1.165) is 66.8 Å². The molecule has 0 atom stereocenters. The molecule has 0 bridgehead atoms. The standard InChI is InChI=1S/C65H75N3O/c1-39(2)45-30-46(40(3)4)32-47(31-45)43-23-26-57(41(5)29-43)68-58-20-18-19-53(59(58)67-61(68)54-37-52(64(12,13)14)38-55(60(54)69)65(15,16)17)48-33-49(35-51(34-48)63(9,10)11)56-36-44(27-28-66-56)42-21-24-50(25-22-42)62(6,7)8/h18-40,69H,1-17H3/i21D,22D,24D,25D,27D,28D,36D,39D,40D. The Bertz CT molecular complexity index is 3670. The molecule has 0 aliphatic carbocycles. The Balaban J connectivity index is 1.44. The van der Waals surface area contributed by atoms with Crippen LogP contribution in [0.2, 0.25) is 0 Å². The predicted molar refractivity (Wildman–Crippen MR) is 295 cm³/mol. The van der Waals surface area contributed by atoms with Crippen LogP contribution in [0, 0.1) is 6.92 Å². The highest BCUT2D eigenvalue weighted by Gasteiger charge is 2.29. The van der Waals surface area contributed by atoms with Crippen molar-refractivity contribution >= 4 is 11.0 Å². The summed E-state index contributed by atoms with van der Waals surface area (Å²) in [5.74, 6) is -1.14. The number of hydrogen-bond acceptors (Lipinski definition) is 3. The highest BCUT2D eigenvalue weighted by atomic mass is 16.3. The van der Waals surface area contributed by atoms with E-state index in [0.29, 0.717) is 22.5 Å². The van der Waals surface area contributed by atoms with Crippen molar-refractivity contribution in [1.29, 1.82) is 0 Å². The number of hydrogen-bond donors (Lipinski definition) is 1. The maximum atomic E-state index is 12.6. The number of nitrogens with zero attached hydrogens (tertiary/aromatic N) is 3. The van der Waals surface area contributed by atoms with Gasteiger partial charge in [0.25, 0.3) is 0 Å². The third kappa shape index (κ3) is 9.96. The van der Waals surface area contributed by atoms with Crippen LogP contribution in [0.5, 0.6) is 5.75 Å². The van der Waals surface area contributed by atoms with Gasteiger partial charge in [-0.25, -0.2) is 4.98 Å². The molecule has 8 aromatic rings. The van der Waals surface area contributed by atoms with Crippen LogP contribution in [0.25, 0.3) is 72.7 Å². The zero-order chi connectivity index (χ0) is 58.1. The number of phenolic OH excluding ortho intramolecular Hbond substituents is 1. The Hall–Kier alpha value is -6.26. The fraction of sp³-hybridized carbons (Fsp3) is 0.354. The molecule has 0 spiro atoms. The Morgan fingerprint density at radius 1 is 0.551 bits per heavy atom. The molecule has 0 aliphatic rings. The summed E-state index contributed by atoms with van der Waals surface area (Å²) in [6.07, 6.45) is -0.470. The van der Waals surface area contributed by atoms with E-state index in [1.807, 2.05) is 103 Å². The van der Waals surface area contributed by atoms with Gasteiger partial charge in [0, 0.05) is 25.6 Å². The zero-order valence-electron chi connectivity index (χ0n) is 52.9. The minimum atomic E-state index is -0.895. The Morgan fingerprint density at radius 3 is 1.74 bits per heavy atom. The molecule has 1 N–H and O–H groups in total. The molecule has 0 unspecified atom stereocenters.